The van der Waals surface area contributed by atoms with Crippen LogP contribution in [0.2, 0.25) is 5.02 Å². The second-order valence-electron chi connectivity index (χ2n) is 5.33. The SMILES string of the molecule is Clc1ccc(N=C(c2ccccc2)N2CCCCC2)cc1. The maximum Gasteiger partial charge on any atom is 0.136 e. The molecule has 3 heteroatoms. The zero-order valence-corrected chi connectivity index (χ0v) is 12.8. The van der Waals surface area contributed by atoms with Gasteiger partial charge in [0.15, 0.2) is 0 Å². The topological polar surface area (TPSA) is 15.6 Å². The number of benzene rings is 2. The molecule has 0 atom stereocenters. The van der Waals surface area contributed by atoms with Crippen molar-refractivity contribution in [1.29, 1.82) is 0 Å². The number of hydrogen-bond acceptors (Lipinski definition) is 1. The van der Waals surface area contributed by atoms with E-state index < -0.39 is 0 Å². The average Bonchev–Trinajstić information content (AvgIpc) is 2.56. The Hall–Kier alpha value is -1.80. The van der Waals surface area contributed by atoms with Crippen LogP contribution in [0, 0.1) is 0 Å². The summed E-state index contributed by atoms with van der Waals surface area (Å²) in [7, 11) is 0. The van der Waals surface area contributed by atoms with Crippen molar-refractivity contribution in [2.75, 3.05) is 13.1 Å². The van der Waals surface area contributed by atoms with E-state index in [1.165, 1.54) is 24.8 Å². The Morgan fingerprint density at radius 2 is 1.52 bits per heavy atom. The van der Waals surface area contributed by atoms with Crippen molar-refractivity contribution >= 4 is 23.1 Å². The predicted octanol–water partition coefficient (Wildman–Crippen LogP) is 4.90. The Balaban J connectivity index is 1.96. The third-order valence-corrected chi connectivity index (χ3v) is 4.00. The van der Waals surface area contributed by atoms with Crippen molar-refractivity contribution in [3.63, 3.8) is 0 Å². The van der Waals surface area contributed by atoms with Gasteiger partial charge in [-0.3, -0.25) is 0 Å². The van der Waals surface area contributed by atoms with E-state index in [0.29, 0.717) is 0 Å². The van der Waals surface area contributed by atoms with E-state index in [-0.39, 0.29) is 0 Å². The normalized spacial score (nSPS) is 16.0. The van der Waals surface area contributed by atoms with E-state index in [4.69, 9.17) is 16.6 Å². The van der Waals surface area contributed by atoms with Gasteiger partial charge in [0.2, 0.25) is 0 Å². The molecule has 1 heterocycles. The Morgan fingerprint density at radius 3 is 2.19 bits per heavy atom. The molecule has 108 valence electrons. The molecular formula is C18H19ClN2. The minimum atomic E-state index is 0.744. The zero-order chi connectivity index (χ0) is 14.5. The molecule has 1 saturated heterocycles. The highest BCUT2D eigenvalue weighted by molar-refractivity contribution is 6.30. The van der Waals surface area contributed by atoms with E-state index in [9.17, 15) is 0 Å². The van der Waals surface area contributed by atoms with Gasteiger partial charge in [0.25, 0.3) is 0 Å². The monoisotopic (exact) mass is 298 g/mol. The average molecular weight is 299 g/mol. The van der Waals surface area contributed by atoms with Gasteiger partial charge in [-0.25, -0.2) is 4.99 Å². The lowest BCUT2D eigenvalue weighted by atomic mass is 10.1. The number of nitrogens with zero attached hydrogens (tertiary/aromatic N) is 2. The molecule has 0 amide bonds. The summed E-state index contributed by atoms with van der Waals surface area (Å²) in [5.74, 6) is 1.07. The van der Waals surface area contributed by atoms with Crippen LogP contribution in [-0.4, -0.2) is 23.8 Å². The first-order valence-electron chi connectivity index (χ1n) is 7.47. The van der Waals surface area contributed by atoms with E-state index >= 15 is 0 Å². The summed E-state index contributed by atoms with van der Waals surface area (Å²) in [5, 5.41) is 0.744. The van der Waals surface area contributed by atoms with Crippen LogP contribution in [-0.2, 0) is 0 Å². The Labute approximate surface area is 131 Å². The molecule has 0 saturated carbocycles. The zero-order valence-electron chi connectivity index (χ0n) is 12.0. The van der Waals surface area contributed by atoms with Gasteiger partial charge in [0.05, 0.1) is 5.69 Å². The molecule has 0 N–H and O–H groups in total. The summed E-state index contributed by atoms with van der Waals surface area (Å²) < 4.78 is 0. The van der Waals surface area contributed by atoms with Gasteiger partial charge in [-0.15, -0.1) is 0 Å². The highest BCUT2D eigenvalue weighted by Gasteiger charge is 2.16. The van der Waals surface area contributed by atoms with E-state index in [2.05, 4.69) is 29.2 Å². The lowest BCUT2D eigenvalue weighted by molar-refractivity contribution is 0.343. The van der Waals surface area contributed by atoms with Crippen LogP contribution in [0.5, 0.6) is 0 Å². The molecule has 2 nitrogen and oxygen atoms in total. The Bertz CT molecular complexity index is 599. The van der Waals surface area contributed by atoms with E-state index in [1.807, 2.05) is 30.3 Å². The van der Waals surface area contributed by atoms with Gasteiger partial charge < -0.3 is 4.90 Å². The van der Waals surface area contributed by atoms with Gasteiger partial charge in [-0.05, 0) is 43.5 Å². The van der Waals surface area contributed by atoms with Crippen LogP contribution >= 0.6 is 11.6 Å². The predicted molar refractivity (Wildman–Crippen MR) is 89.5 cm³/mol. The number of likely N-dealkylation sites (tertiary alicyclic amines) is 1. The molecule has 3 rings (SSSR count). The smallest absolute Gasteiger partial charge is 0.136 e. The van der Waals surface area contributed by atoms with Crippen LogP contribution in [0.4, 0.5) is 5.69 Å². The van der Waals surface area contributed by atoms with Crippen LogP contribution in [0.25, 0.3) is 0 Å². The highest BCUT2D eigenvalue weighted by Crippen LogP contribution is 2.20. The van der Waals surface area contributed by atoms with Crippen molar-refractivity contribution in [1.82, 2.24) is 4.90 Å². The number of hydrogen-bond donors (Lipinski definition) is 0. The van der Waals surface area contributed by atoms with Gasteiger partial charge in [-0.2, -0.15) is 0 Å². The first-order chi connectivity index (χ1) is 10.3. The summed E-state index contributed by atoms with van der Waals surface area (Å²) in [6.45, 7) is 2.17. The fourth-order valence-electron chi connectivity index (χ4n) is 2.65. The van der Waals surface area contributed by atoms with E-state index in [0.717, 1.165) is 29.6 Å². The first kappa shape index (κ1) is 14.2. The van der Waals surface area contributed by atoms with Crippen LogP contribution in [0.1, 0.15) is 24.8 Å². The third kappa shape index (κ3) is 3.64. The maximum atomic E-state index is 5.96. The molecule has 1 aliphatic heterocycles. The van der Waals surface area contributed by atoms with Crippen molar-refractivity contribution in [2.24, 2.45) is 4.99 Å². The molecule has 0 aromatic heterocycles. The van der Waals surface area contributed by atoms with Gasteiger partial charge in [0.1, 0.15) is 5.84 Å². The van der Waals surface area contributed by atoms with Crippen LogP contribution in [0.15, 0.2) is 59.6 Å². The summed E-state index contributed by atoms with van der Waals surface area (Å²) in [6.07, 6.45) is 3.80. The highest BCUT2D eigenvalue weighted by atomic mass is 35.5. The van der Waals surface area contributed by atoms with Crippen LogP contribution < -0.4 is 0 Å². The minimum Gasteiger partial charge on any atom is -0.356 e. The standard InChI is InChI=1S/C18H19ClN2/c19-16-9-11-17(12-10-16)20-18(15-7-3-1-4-8-15)21-13-5-2-6-14-21/h1,3-4,7-12H,2,5-6,13-14H2. The number of rotatable bonds is 2. The lowest BCUT2D eigenvalue weighted by Gasteiger charge is -2.30. The van der Waals surface area contributed by atoms with Crippen molar-refractivity contribution < 1.29 is 0 Å². The number of piperidine rings is 1. The first-order valence-corrected chi connectivity index (χ1v) is 7.85. The van der Waals surface area contributed by atoms with E-state index in [1.54, 1.807) is 0 Å². The summed E-state index contributed by atoms with van der Waals surface area (Å²) >= 11 is 5.96. The third-order valence-electron chi connectivity index (χ3n) is 3.75. The molecule has 21 heavy (non-hydrogen) atoms. The molecule has 0 unspecified atom stereocenters. The molecule has 0 bridgehead atoms. The summed E-state index contributed by atoms with van der Waals surface area (Å²) in [4.78, 5) is 7.27. The van der Waals surface area contributed by atoms with Crippen molar-refractivity contribution in [2.45, 2.75) is 19.3 Å². The molecule has 1 aliphatic rings. The molecule has 2 aromatic carbocycles. The van der Waals surface area contributed by atoms with Gasteiger partial charge >= 0.3 is 0 Å². The second-order valence-corrected chi connectivity index (χ2v) is 5.76. The summed E-state index contributed by atoms with van der Waals surface area (Å²) in [5.41, 5.74) is 2.12. The quantitative estimate of drug-likeness (QED) is 0.568. The Kier molecular flexibility index (Phi) is 4.56. The van der Waals surface area contributed by atoms with Crippen molar-refractivity contribution in [3.05, 3.63) is 65.2 Å². The number of amidine groups is 1. The number of aliphatic imine (C=N–C) groups is 1. The van der Waals surface area contributed by atoms with Crippen molar-refractivity contribution in [3.8, 4) is 0 Å². The molecule has 0 spiro atoms. The minimum absolute atomic E-state index is 0.744. The fraction of sp³-hybridized carbons (Fsp3) is 0.278. The van der Waals surface area contributed by atoms with Gasteiger partial charge in [0, 0.05) is 23.7 Å². The maximum absolute atomic E-state index is 5.96. The summed E-state index contributed by atoms with van der Waals surface area (Å²) in [6, 6.07) is 18.1. The Morgan fingerprint density at radius 1 is 0.857 bits per heavy atom. The second kappa shape index (κ2) is 6.77. The molecule has 1 fully saturated rings. The fourth-order valence-corrected chi connectivity index (χ4v) is 2.77. The van der Waals surface area contributed by atoms with Gasteiger partial charge in [-0.1, -0.05) is 41.9 Å². The molecule has 0 radical (unpaired) electrons. The number of halogens is 1. The molecular weight excluding hydrogens is 280 g/mol. The molecule has 0 aliphatic carbocycles. The van der Waals surface area contributed by atoms with Crippen LogP contribution in [0.3, 0.4) is 0 Å². The largest absolute Gasteiger partial charge is 0.356 e. The molecule has 2 aromatic rings. The lowest BCUT2D eigenvalue weighted by Crippen LogP contribution is -2.36.